The van der Waals surface area contributed by atoms with Crippen molar-refractivity contribution in [2.45, 2.75) is 46.1 Å². The topological polar surface area (TPSA) is 38.0 Å². The number of hydrogen-bond acceptors (Lipinski definition) is 2. The van der Waals surface area contributed by atoms with Crippen LogP contribution < -0.4 is 11.1 Å². The summed E-state index contributed by atoms with van der Waals surface area (Å²) in [5.74, 6) is 0. The molecular weight excluding hydrogens is 136 g/mol. The highest BCUT2D eigenvalue weighted by molar-refractivity contribution is 4.60. The van der Waals surface area contributed by atoms with Gasteiger partial charge in [0, 0.05) is 6.04 Å². The summed E-state index contributed by atoms with van der Waals surface area (Å²) in [5, 5.41) is 3.17. The smallest absolute Gasteiger partial charge is 0.00734 e. The fourth-order valence-corrected chi connectivity index (χ4v) is 0.754. The SMILES string of the molecule is CCC.CCC(CCN)NC. The van der Waals surface area contributed by atoms with E-state index in [1.165, 1.54) is 12.8 Å². The first-order valence-corrected chi connectivity index (χ1v) is 4.63. The summed E-state index contributed by atoms with van der Waals surface area (Å²) >= 11 is 0. The van der Waals surface area contributed by atoms with Crippen LogP contribution in [0.2, 0.25) is 0 Å². The molecule has 0 aromatic heterocycles. The minimum Gasteiger partial charge on any atom is -0.330 e. The number of hydrogen-bond donors (Lipinski definition) is 2. The van der Waals surface area contributed by atoms with Crippen LogP contribution in [-0.4, -0.2) is 19.6 Å². The van der Waals surface area contributed by atoms with E-state index in [0.29, 0.717) is 6.04 Å². The molecule has 2 nitrogen and oxygen atoms in total. The molecule has 0 aliphatic rings. The Bertz CT molecular complexity index is 51.5. The Kier molecular flexibility index (Phi) is 15.4. The predicted molar refractivity (Wildman–Crippen MR) is 52.8 cm³/mol. The zero-order chi connectivity index (χ0) is 9.11. The van der Waals surface area contributed by atoms with Crippen LogP contribution in [0.3, 0.4) is 0 Å². The van der Waals surface area contributed by atoms with Gasteiger partial charge in [0.05, 0.1) is 0 Å². The van der Waals surface area contributed by atoms with Crippen LogP contribution in [0.5, 0.6) is 0 Å². The van der Waals surface area contributed by atoms with Crippen LogP contribution in [0.1, 0.15) is 40.0 Å². The number of rotatable bonds is 4. The van der Waals surface area contributed by atoms with Crippen molar-refractivity contribution >= 4 is 0 Å². The standard InChI is InChI=1S/C6H16N2.C3H8/c1-3-6(8-2)4-5-7;1-3-2/h6,8H,3-5,7H2,1-2H3;3H2,1-2H3. The van der Waals surface area contributed by atoms with Crippen molar-refractivity contribution in [2.75, 3.05) is 13.6 Å². The maximum absolute atomic E-state index is 5.34. The van der Waals surface area contributed by atoms with Crippen LogP contribution in [0, 0.1) is 0 Å². The molecule has 0 saturated heterocycles. The average Bonchev–Trinajstić information content (AvgIpc) is 2.02. The molecule has 0 rings (SSSR count). The Morgan fingerprint density at radius 2 is 1.73 bits per heavy atom. The van der Waals surface area contributed by atoms with Gasteiger partial charge in [-0.2, -0.15) is 0 Å². The van der Waals surface area contributed by atoms with Crippen molar-refractivity contribution in [2.24, 2.45) is 5.73 Å². The van der Waals surface area contributed by atoms with Crippen molar-refractivity contribution in [3.63, 3.8) is 0 Å². The van der Waals surface area contributed by atoms with Gasteiger partial charge in [-0.15, -0.1) is 0 Å². The fraction of sp³-hybridized carbons (Fsp3) is 1.00. The highest BCUT2D eigenvalue weighted by atomic mass is 14.9. The lowest BCUT2D eigenvalue weighted by Gasteiger charge is -2.10. The van der Waals surface area contributed by atoms with E-state index in [2.05, 4.69) is 26.1 Å². The molecule has 0 aliphatic carbocycles. The Labute approximate surface area is 71.6 Å². The largest absolute Gasteiger partial charge is 0.330 e. The van der Waals surface area contributed by atoms with Gasteiger partial charge in [0.2, 0.25) is 0 Å². The molecule has 0 spiro atoms. The van der Waals surface area contributed by atoms with E-state index < -0.39 is 0 Å². The third kappa shape index (κ3) is 13.0. The molecule has 70 valence electrons. The zero-order valence-electron chi connectivity index (χ0n) is 8.48. The van der Waals surface area contributed by atoms with E-state index in [1.54, 1.807) is 0 Å². The van der Waals surface area contributed by atoms with Gasteiger partial charge in [-0.25, -0.2) is 0 Å². The summed E-state index contributed by atoms with van der Waals surface area (Å²) in [5.41, 5.74) is 5.34. The molecule has 1 unspecified atom stereocenters. The van der Waals surface area contributed by atoms with E-state index in [9.17, 15) is 0 Å². The molecule has 0 amide bonds. The molecule has 0 aliphatic heterocycles. The minimum absolute atomic E-state index is 0.625. The predicted octanol–water partition coefficient (Wildman–Crippen LogP) is 1.75. The van der Waals surface area contributed by atoms with Crippen molar-refractivity contribution < 1.29 is 0 Å². The first-order chi connectivity index (χ1) is 5.26. The van der Waals surface area contributed by atoms with E-state index in [1.807, 2.05) is 7.05 Å². The van der Waals surface area contributed by atoms with E-state index in [4.69, 9.17) is 5.73 Å². The van der Waals surface area contributed by atoms with Crippen LogP contribution in [0.25, 0.3) is 0 Å². The third-order valence-electron chi connectivity index (χ3n) is 1.42. The van der Waals surface area contributed by atoms with Crippen molar-refractivity contribution in [3.05, 3.63) is 0 Å². The van der Waals surface area contributed by atoms with Gasteiger partial charge in [-0.1, -0.05) is 27.2 Å². The second kappa shape index (κ2) is 12.6. The molecule has 0 aromatic carbocycles. The molecule has 0 saturated carbocycles. The molecule has 0 radical (unpaired) electrons. The molecule has 11 heavy (non-hydrogen) atoms. The van der Waals surface area contributed by atoms with Crippen LogP contribution >= 0.6 is 0 Å². The van der Waals surface area contributed by atoms with Crippen molar-refractivity contribution in [1.29, 1.82) is 0 Å². The lowest BCUT2D eigenvalue weighted by molar-refractivity contribution is 0.515. The summed E-state index contributed by atoms with van der Waals surface area (Å²) in [6.07, 6.45) is 3.51. The molecule has 0 bridgehead atoms. The first-order valence-electron chi connectivity index (χ1n) is 4.63. The zero-order valence-corrected chi connectivity index (χ0v) is 8.48. The van der Waals surface area contributed by atoms with Crippen LogP contribution in [0.15, 0.2) is 0 Å². The maximum atomic E-state index is 5.34. The van der Waals surface area contributed by atoms with E-state index in [-0.39, 0.29) is 0 Å². The Balaban J connectivity index is 0. The van der Waals surface area contributed by atoms with Gasteiger partial charge in [0.1, 0.15) is 0 Å². The fourth-order valence-electron chi connectivity index (χ4n) is 0.754. The maximum Gasteiger partial charge on any atom is 0.00734 e. The number of nitrogens with two attached hydrogens (primary N) is 1. The van der Waals surface area contributed by atoms with E-state index in [0.717, 1.165) is 13.0 Å². The summed E-state index contributed by atoms with van der Waals surface area (Å²) in [6.45, 7) is 7.20. The Morgan fingerprint density at radius 3 is 1.82 bits per heavy atom. The molecule has 3 N–H and O–H groups in total. The second-order valence-electron chi connectivity index (χ2n) is 2.68. The van der Waals surface area contributed by atoms with Crippen LogP contribution in [0.4, 0.5) is 0 Å². The highest BCUT2D eigenvalue weighted by Crippen LogP contribution is 1.92. The van der Waals surface area contributed by atoms with Gasteiger partial charge < -0.3 is 11.1 Å². The van der Waals surface area contributed by atoms with Gasteiger partial charge in [0.15, 0.2) is 0 Å². The molecule has 0 heterocycles. The lowest BCUT2D eigenvalue weighted by atomic mass is 10.1. The first kappa shape index (κ1) is 13.5. The molecular formula is C9H24N2. The van der Waals surface area contributed by atoms with Gasteiger partial charge >= 0.3 is 0 Å². The monoisotopic (exact) mass is 160 g/mol. The third-order valence-corrected chi connectivity index (χ3v) is 1.42. The van der Waals surface area contributed by atoms with Gasteiger partial charge in [0.25, 0.3) is 0 Å². The van der Waals surface area contributed by atoms with E-state index >= 15 is 0 Å². The van der Waals surface area contributed by atoms with Gasteiger partial charge in [-0.3, -0.25) is 0 Å². The van der Waals surface area contributed by atoms with Gasteiger partial charge in [-0.05, 0) is 26.4 Å². The lowest BCUT2D eigenvalue weighted by Crippen LogP contribution is -2.26. The number of nitrogens with one attached hydrogen (secondary N) is 1. The Morgan fingerprint density at radius 1 is 1.27 bits per heavy atom. The summed E-state index contributed by atoms with van der Waals surface area (Å²) in [4.78, 5) is 0. The molecule has 1 atom stereocenters. The second-order valence-corrected chi connectivity index (χ2v) is 2.68. The minimum atomic E-state index is 0.625. The highest BCUT2D eigenvalue weighted by Gasteiger charge is 1.97. The molecule has 2 heteroatoms. The molecule has 0 aromatic rings. The Hall–Kier alpha value is -0.0800. The van der Waals surface area contributed by atoms with Crippen LogP contribution in [-0.2, 0) is 0 Å². The summed E-state index contributed by atoms with van der Waals surface area (Å²) in [7, 11) is 1.98. The summed E-state index contributed by atoms with van der Waals surface area (Å²) in [6, 6.07) is 0.625. The summed E-state index contributed by atoms with van der Waals surface area (Å²) < 4.78 is 0. The molecule has 0 fully saturated rings. The van der Waals surface area contributed by atoms with Crippen molar-refractivity contribution in [3.8, 4) is 0 Å². The normalized spacial score (nSPS) is 11.7. The van der Waals surface area contributed by atoms with Crippen molar-refractivity contribution in [1.82, 2.24) is 5.32 Å². The quantitative estimate of drug-likeness (QED) is 0.657. The average molecular weight is 160 g/mol.